The van der Waals surface area contributed by atoms with E-state index in [4.69, 9.17) is 0 Å². The maximum atomic E-state index is 13.0. The van der Waals surface area contributed by atoms with E-state index in [2.05, 4.69) is 0 Å². The first kappa shape index (κ1) is 120. The van der Waals surface area contributed by atoms with Gasteiger partial charge in [-0.3, -0.25) is 0 Å². The molecule has 0 bridgehead atoms. The first-order valence-corrected chi connectivity index (χ1v) is 11.2. The second-order valence-corrected chi connectivity index (χ2v) is 5.31. The Labute approximate surface area is 295 Å². The van der Waals surface area contributed by atoms with Crippen molar-refractivity contribution in [2.45, 2.75) is 199 Å². The van der Waals surface area contributed by atoms with Gasteiger partial charge in [-0.05, 0) is 61.1 Å². The molecule has 2 aromatic carbocycles. The van der Waals surface area contributed by atoms with Crippen LogP contribution in [0.25, 0.3) is 0 Å². The van der Waals surface area contributed by atoms with Crippen LogP contribution in [0.15, 0.2) is 24.3 Å². The van der Waals surface area contributed by atoms with Gasteiger partial charge in [0, 0.05) is 0 Å². The molecule has 0 heterocycles. The van der Waals surface area contributed by atoms with Crippen LogP contribution in [0.1, 0.15) is 197 Å². The molecule has 0 aliphatic carbocycles. The van der Waals surface area contributed by atoms with Gasteiger partial charge < -0.3 is 0 Å². The molecule has 0 fully saturated rings. The molecule has 0 N–H and O–H groups in total. The SMILES string of the molecule is C.C.C.C.C.C.C.C.C.C.C.C.C.C.C.CC.CC.CC.CC.Fc1cc(CCCCCc2cc(F)c(F)c(F)c2)cc(F)c1F. The average molecular weight is 693 g/mol. The average Bonchev–Trinajstić information content (AvgIpc) is 2.80. The van der Waals surface area contributed by atoms with Crippen LogP contribution in [-0.2, 0) is 12.8 Å². The molecule has 46 heavy (non-hydrogen) atoms. The quantitative estimate of drug-likeness (QED) is 0.161. The van der Waals surface area contributed by atoms with Gasteiger partial charge in [-0.25, -0.2) is 26.3 Å². The third-order valence-corrected chi connectivity index (χ3v) is 3.52. The summed E-state index contributed by atoms with van der Waals surface area (Å²) in [6, 6.07) is 3.79. The molecule has 0 spiro atoms. The van der Waals surface area contributed by atoms with E-state index in [1.807, 2.05) is 55.4 Å². The van der Waals surface area contributed by atoms with Crippen LogP contribution in [0.3, 0.4) is 0 Å². The summed E-state index contributed by atoms with van der Waals surface area (Å²) in [6.07, 6.45) is 2.52. The number of unbranched alkanes of at least 4 members (excludes halogenated alkanes) is 2. The van der Waals surface area contributed by atoms with Crippen LogP contribution in [-0.4, -0.2) is 0 Å². The highest BCUT2D eigenvalue weighted by atomic mass is 19.2. The number of hydrogen-bond donors (Lipinski definition) is 0. The van der Waals surface area contributed by atoms with Gasteiger partial charge in [0.15, 0.2) is 34.9 Å². The number of hydrogen-bond acceptors (Lipinski definition) is 0. The maximum Gasteiger partial charge on any atom is 0.194 e. The number of halogens is 6. The van der Waals surface area contributed by atoms with Crippen molar-refractivity contribution in [1.82, 2.24) is 0 Å². The van der Waals surface area contributed by atoms with Gasteiger partial charge in [0.05, 0.1) is 0 Å². The standard InChI is InChI=1S/C17H14F6.4C2H6.15CH4/c18-12-6-10(7-13(19)16(12)22)4-2-1-3-5-11-8-14(20)17(23)15(21)9-11;4*1-2;;;;;;;;;;;;;;;/h6-9H,1-5H2;4*1-2H3;15*1H4. The minimum absolute atomic E-state index is 0. The molecule has 0 radical (unpaired) electrons. The Morgan fingerprint density at radius 1 is 0.304 bits per heavy atom. The molecule has 2 rings (SSSR count). The molecule has 0 aromatic heterocycles. The third-order valence-electron chi connectivity index (χ3n) is 3.52. The molecule has 0 aliphatic rings. The van der Waals surface area contributed by atoms with E-state index < -0.39 is 34.9 Å². The fraction of sp³-hybridized carbons (Fsp3) is 0.700. The summed E-state index contributed by atoms with van der Waals surface area (Å²) >= 11 is 0. The lowest BCUT2D eigenvalue weighted by atomic mass is 10.0. The van der Waals surface area contributed by atoms with E-state index >= 15 is 0 Å². The Kier molecular flexibility index (Phi) is 206. The fourth-order valence-electron chi connectivity index (χ4n) is 2.34. The van der Waals surface area contributed by atoms with Crippen molar-refractivity contribution in [3.8, 4) is 0 Å². The summed E-state index contributed by atoms with van der Waals surface area (Å²) in [6.45, 7) is 16.0. The zero-order valence-electron chi connectivity index (χ0n) is 20.1. The summed E-state index contributed by atoms with van der Waals surface area (Å²) < 4.78 is 77.7. The van der Waals surface area contributed by atoms with Crippen molar-refractivity contribution in [2.75, 3.05) is 0 Å². The normalized spacial score (nSPS) is 6.04. The van der Waals surface area contributed by atoms with Gasteiger partial charge in [-0.1, -0.05) is 173 Å². The highest BCUT2D eigenvalue weighted by Crippen LogP contribution is 2.18. The maximum absolute atomic E-state index is 13.0. The zero-order valence-corrected chi connectivity index (χ0v) is 20.1. The molecule has 300 valence electrons. The van der Waals surface area contributed by atoms with Crippen molar-refractivity contribution in [3.63, 3.8) is 0 Å². The Morgan fingerprint density at radius 2 is 0.457 bits per heavy atom. The number of rotatable bonds is 6. The molecule has 0 saturated carbocycles. The van der Waals surface area contributed by atoms with Crippen LogP contribution in [0.5, 0.6) is 0 Å². The second kappa shape index (κ2) is 78.9. The fourth-order valence-corrected chi connectivity index (χ4v) is 2.34. The van der Waals surface area contributed by atoms with Gasteiger partial charge in [0.1, 0.15) is 0 Å². The molecule has 6 heteroatoms. The van der Waals surface area contributed by atoms with Crippen molar-refractivity contribution >= 4 is 0 Å². The third kappa shape index (κ3) is 48.9. The van der Waals surface area contributed by atoms with Crippen molar-refractivity contribution in [2.24, 2.45) is 0 Å². The first-order chi connectivity index (χ1) is 14.9. The molecule has 0 aliphatic heterocycles. The lowest BCUT2D eigenvalue weighted by Crippen LogP contribution is -1.97. The molecule has 0 atom stereocenters. The summed E-state index contributed by atoms with van der Waals surface area (Å²) in [4.78, 5) is 0. The van der Waals surface area contributed by atoms with Crippen LogP contribution < -0.4 is 0 Å². The summed E-state index contributed by atoms with van der Waals surface area (Å²) in [7, 11) is 0. The topological polar surface area (TPSA) is 0 Å². The summed E-state index contributed by atoms with van der Waals surface area (Å²) in [5, 5.41) is 0. The van der Waals surface area contributed by atoms with Gasteiger partial charge in [0.2, 0.25) is 0 Å². The lowest BCUT2D eigenvalue weighted by molar-refractivity contribution is 0.444. The van der Waals surface area contributed by atoms with Gasteiger partial charge in [0.25, 0.3) is 0 Å². The molecule has 0 saturated heterocycles. The molecule has 0 nitrogen and oxygen atoms in total. The van der Waals surface area contributed by atoms with Crippen molar-refractivity contribution in [3.05, 3.63) is 70.3 Å². The van der Waals surface area contributed by atoms with E-state index in [-0.39, 0.29) is 111 Å². The van der Waals surface area contributed by atoms with E-state index in [1.165, 1.54) is 0 Å². The Hall–Kier alpha value is -1.98. The largest absolute Gasteiger partial charge is 0.204 e. The number of benzene rings is 2. The van der Waals surface area contributed by atoms with Gasteiger partial charge in [-0.2, -0.15) is 0 Å². The second-order valence-electron chi connectivity index (χ2n) is 5.31. The number of aryl methyl sites for hydroxylation is 2. The molecule has 0 amide bonds. The monoisotopic (exact) mass is 693 g/mol. The van der Waals surface area contributed by atoms with Crippen LogP contribution in [0, 0.1) is 34.9 Å². The predicted octanol–water partition coefficient (Wildman–Crippen LogP) is 19.1. The van der Waals surface area contributed by atoms with E-state index in [0.717, 1.165) is 24.3 Å². The van der Waals surface area contributed by atoms with E-state index in [1.54, 1.807) is 0 Å². The zero-order chi connectivity index (χ0) is 25.0. The van der Waals surface area contributed by atoms with Gasteiger partial charge >= 0.3 is 0 Å². The van der Waals surface area contributed by atoms with Crippen LogP contribution in [0.4, 0.5) is 26.3 Å². The van der Waals surface area contributed by atoms with Crippen LogP contribution in [0.2, 0.25) is 0 Å². The first-order valence-electron chi connectivity index (χ1n) is 11.2. The Balaban J connectivity index is -0.0000000199. The predicted molar refractivity (Wildman–Crippen MR) is 220 cm³/mol. The Morgan fingerprint density at radius 3 is 0.609 bits per heavy atom. The summed E-state index contributed by atoms with van der Waals surface area (Å²) in [5.41, 5.74) is 0.695. The minimum Gasteiger partial charge on any atom is -0.204 e. The van der Waals surface area contributed by atoms with Crippen molar-refractivity contribution < 1.29 is 26.3 Å². The smallest absolute Gasteiger partial charge is 0.194 e. The highest BCUT2D eigenvalue weighted by Gasteiger charge is 2.11. The summed E-state index contributed by atoms with van der Waals surface area (Å²) in [5.74, 6) is -7.88. The molecular weight excluding hydrogens is 594 g/mol. The van der Waals surface area contributed by atoms with Crippen LogP contribution >= 0.6 is 0 Å². The molecule has 0 unspecified atom stereocenters. The highest BCUT2D eigenvalue weighted by molar-refractivity contribution is 5.20. The minimum atomic E-state index is -1.49. The Bertz CT molecular complexity index is 597. The van der Waals surface area contributed by atoms with Gasteiger partial charge in [-0.15, -0.1) is 0 Å². The van der Waals surface area contributed by atoms with E-state index in [0.29, 0.717) is 43.2 Å². The van der Waals surface area contributed by atoms with Crippen molar-refractivity contribution in [1.29, 1.82) is 0 Å². The molecule has 2 aromatic rings. The van der Waals surface area contributed by atoms with E-state index in [9.17, 15) is 26.3 Å². The lowest BCUT2D eigenvalue weighted by Gasteiger charge is -2.05. The molecular formula is C40H98F6.